The van der Waals surface area contributed by atoms with Crippen LogP contribution in [0.15, 0.2) is 18.2 Å². The van der Waals surface area contributed by atoms with E-state index in [0.29, 0.717) is 10.0 Å². The molecule has 1 atom stereocenters. The monoisotopic (exact) mass is 305 g/mol. The summed E-state index contributed by atoms with van der Waals surface area (Å²) in [6, 6.07) is 5.54. The smallest absolute Gasteiger partial charge is 0.0726 e. The van der Waals surface area contributed by atoms with Crippen molar-refractivity contribution in [1.29, 1.82) is 0 Å². The Labute approximate surface area is 124 Å². The van der Waals surface area contributed by atoms with Gasteiger partial charge in [-0.3, -0.25) is 0 Å². The van der Waals surface area contributed by atoms with Crippen molar-refractivity contribution in [2.45, 2.75) is 31.1 Å². The van der Waals surface area contributed by atoms with Gasteiger partial charge < -0.3 is 4.90 Å². The number of rotatable bonds is 3. The van der Waals surface area contributed by atoms with Crippen molar-refractivity contribution in [3.63, 3.8) is 0 Å². The largest absolute Gasteiger partial charge is 0.302 e. The van der Waals surface area contributed by atoms with Gasteiger partial charge in [0.25, 0.3) is 0 Å². The number of hydrogen-bond acceptors (Lipinski definition) is 1. The molecule has 1 aliphatic heterocycles. The van der Waals surface area contributed by atoms with Crippen LogP contribution in [0.5, 0.6) is 0 Å². The standard InChI is InChI=1S/C14H18Cl3N/c15-11-5-6-12(13(16)9-11)14(17)10-18-7-3-1-2-4-8-18/h5-6,9,14H,1-4,7-8,10H2. The Morgan fingerprint density at radius 3 is 2.33 bits per heavy atom. The molecule has 2 rings (SSSR count). The molecular weight excluding hydrogens is 289 g/mol. The molecule has 1 saturated heterocycles. The minimum absolute atomic E-state index is 0.0622. The maximum atomic E-state index is 6.48. The van der Waals surface area contributed by atoms with E-state index in [1.54, 1.807) is 6.07 Å². The van der Waals surface area contributed by atoms with Crippen molar-refractivity contribution in [2.24, 2.45) is 0 Å². The first-order chi connectivity index (χ1) is 8.66. The minimum atomic E-state index is -0.0622. The highest BCUT2D eigenvalue weighted by Gasteiger charge is 2.17. The van der Waals surface area contributed by atoms with E-state index in [2.05, 4.69) is 4.90 Å². The van der Waals surface area contributed by atoms with E-state index in [1.165, 1.54) is 25.7 Å². The van der Waals surface area contributed by atoms with Crippen LogP contribution in [-0.2, 0) is 0 Å². The van der Waals surface area contributed by atoms with E-state index in [4.69, 9.17) is 34.8 Å². The van der Waals surface area contributed by atoms with Gasteiger partial charge >= 0.3 is 0 Å². The zero-order chi connectivity index (χ0) is 13.0. The highest BCUT2D eigenvalue weighted by atomic mass is 35.5. The van der Waals surface area contributed by atoms with Crippen LogP contribution in [0.25, 0.3) is 0 Å². The van der Waals surface area contributed by atoms with Crippen LogP contribution in [-0.4, -0.2) is 24.5 Å². The van der Waals surface area contributed by atoms with Crippen molar-refractivity contribution in [1.82, 2.24) is 4.90 Å². The van der Waals surface area contributed by atoms with Gasteiger partial charge in [-0.05, 0) is 43.6 Å². The van der Waals surface area contributed by atoms with Gasteiger partial charge in [0, 0.05) is 16.6 Å². The van der Waals surface area contributed by atoms with Gasteiger partial charge in [-0.1, -0.05) is 42.1 Å². The minimum Gasteiger partial charge on any atom is -0.302 e. The van der Waals surface area contributed by atoms with E-state index in [9.17, 15) is 0 Å². The topological polar surface area (TPSA) is 3.24 Å². The zero-order valence-electron chi connectivity index (χ0n) is 10.3. The summed E-state index contributed by atoms with van der Waals surface area (Å²) in [7, 11) is 0. The molecule has 1 heterocycles. The average Bonchev–Trinajstić information content (AvgIpc) is 2.57. The third kappa shape index (κ3) is 4.03. The summed E-state index contributed by atoms with van der Waals surface area (Å²) in [6.45, 7) is 3.16. The highest BCUT2D eigenvalue weighted by Crippen LogP contribution is 2.31. The Bertz CT molecular complexity index is 387. The molecule has 1 fully saturated rings. The third-order valence-corrected chi connectivity index (χ3v) is 4.35. The number of halogens is 3. The van der Waals surface area contributed by atoms with Crippen molar-refractivity contribution in [2.75, 3.05) is 19.6 Å². The first-order valence-corrected chi connectivity index (χ1v) is 7.67. The summed E-state index contributed by atoms with van der Waals surface area (Å²) in [5.74, 6) is 0. The molecule has 0 spiro atoms. The van der Waals surface area contributed by atoms with E-state index in [-0.39, 0.29) is 5.38 Å². The van der Waals surface area contributed by atoms with E-state index in [1.807, 2.05) is 12.1 Å². The second kappa shape index (κ2) is 7.00. The third-order valence-electron chi connectivity index (χ3n) is 3.42. The number of nitrogens with zero attached hydrogens (tertiary/aromatic N) is 1. The van der Waals surface area contributed by atoms with Gasteiger partial charge in [-0.15, -0.1) is 11.6 Å². The predicted molar refractivity (Wildman–Crippen MR) is 80.0 cm³/mol. The molecule has 100 valence electrons. The van der Waals surface area contributed by atoms with Gasteiger partial charge in [0.2, 0.25) is 0 Å². The first kappa shape index (κ1) is 14.5. The van der Waals surface area contributed by atoms with Crippen LogP contribution in [0.4, 0.5) is 0 Å². The van der Waals surface area contributed by atoms with Crippen LogP contribution in [0.1, 0.15) is 36.6 Å². The molecule has 1 aromatic rings. The highest BCUT2D eigenvalue weighted by molar-refractivity contribution is 6.35. The van der Waals surface area contributed by atoms with E-state index < -0.39 is 0 Å². The molecule has 1 nitrogen and oxygen atoms in total. The number of alkyl halides is 1. The quantitative estimate of drug-likeness (QED) is 0.698. The Balaban J connectivity index is 1.99. The summed E-state index contributed by atoms with van der Waals surface area (Å²) in [5.41, 5.74) is 0.979. The van der Waals surface area contributed by atoms with E-state index >= 15 is 0 Å². The van der Waals surface area contributed by atoms with Crippen molar-refractivity contribution < 1.29 is 0 Å². The second-order valence-electron chi connectivity index (χ2n) is 4.85. The molecule has 4 heteroatoms. The van der Waals surface area contributed by atoms with Gasteiger partial charge in [0.05, 0.1) is 5.38 Å². The molecule has 1 unspecified atom stereocenters. The van der Waals surface area contributed by atoms with Gasteiger partial charge in [-0.25, -0.2) is 0 Å². The Morgan fingerprint density at radius 2 is 1.72 bits per heavy atom. The molecule has 0 aliphatic carbocycles. The second-order valence-corrected chi connectivity index (χ2v) is 6.22. The zero-order valence-corrected chi connectivity index (χ0v) is 12.6. The van der Waals surface area contributed by atoms with Crippen LogP contribution in [0.2, 0.25) is 10.0 Å². The molecule has 0 aromatic heterocycles. The Kier molecular flexibility index (Phi) is 5.62. The summed E-state index contributed by atoms with van der Waals surface area (Å²) >= 11 is 18.6. The fraction of sp³-hybridized carbons (Fsp3) is 0.571. The van der Waals surface area contributed by atoms with Gasteiger partial charge in [-0.2, -0.15) is 0 Å². The van der Waals surface area contributed by atoms with Crippen LogP contribution >= 0.6 is 34.8 Å². The fourth-order valence-electron chi connectivity index (χ4n) is 2.40. The van der Waals surface area contributed by atoms with Crippen LogP contribution in [0.3, 0.4) is 0 Å². The summed E-state index contributed by atoms with van der Waals surface area (Å²) in [5, 5.41) is 1.26. The SMILES string of the molecule is Clc1ccc(C(Cl)CN2CCCCCC2)c(Cl)c1. The number of benzene rings is 1. The first-order valence-electron chi connectivity index (χ1n) is 6.48. The van der Waals surface area contributed by atoms with Gasteiger partial charge in [0.1, 0.15) is 0 Å². The fourth-order valence-corrected chi connectivity index (χ4v) is 3.38. The molecule has 1 aliphatic rings. The molecule has 1 aromatic carbocycles. The molecule has 0 saturated carbocycles. The maximum Gasteiger partial charge on any atom is 0.0726 e. The average molecular weight is 307 g/mol. The maximum absolute atomic E-state index is 6.48. The lowest BCUT2D eigenvalue weighted by Crippen LogP contribution is -2.28. The molecule has 18 heavy (non-hydrogen) atoms. The van der Waals surface area contributed by atoms with Crippen LogP contribution in [0, 0.1) is 0 Å². The van der Waals surface area contributed by atoms with Gasteiger partial charge in [0.15, 0.2) is 0 Å². The lowest BCUT2D eigenvalue weighted by atomic mass is 10.1. The van der Waals surface area contributed by atoms with Crippen molar-refractivity contribution in [3.05, 3.63) is 33.8 Å². The van der Waals surface area contributed by atoms with Crippen LogP contribution < -0.4 is 0 Å². The van der Waals surface area contributed by atoms with E-state index in [0.717, 1.165) is 25.2 Å². The summed E-state index contributed by atoms with van der Waals surface area (Å²) < 4.78 is 0. The molecule has 0 bridgehead atoms. The molecule has 0 amide bonds. The Hall–Kier alpha value is 0.0500. The lowest BCUT2D eigenvalue weighted by Gasteiger charge is -2.23. The Morgan fingerprint density at radius 1 is 1.06 bits per heavy atom. The molecule has 0 N–H and O–H groups in total. The number of likely N-dealkylation sites (tertiary alicyclic amines) is 1. The molecule has 0 radical (unpaired) electrons. The summed E-state index contributed by atoms with van der Waals surface area (Å²) in [6.07, 6.45) is 5.23. The summed E-state index contributed by atoms with van der Waals surface area (Å²) in [4.78, 5) is 2.44. The van der Waals surface area contributed by atoms with Crippen molar-refractivity contribution >= 4 is 34.8 Å². The van der Waals surface area contributed by atoms with Crippen molar-refractivity contribution in [3.8, 4) is 0 Å². The predicted octanol–water partition coefficient (Wildman–Crippen LogP) is 5.15. The lowest BCUT2D eigenvalue weighted by molar-refractivity contribution is 0.285. The number of hydrogen-bond donors (Lipinski definition) is 0. The normalized spacial score (nSPS) is 19.5. The molecular formula is C14H18Cl3N.